The highest BCUT2D eigenvalue weighted by Crippen LogP contribution is 2.10. The number of carbonyl (C=O) groups excluding carboxylic acids is 1. The average molecular weight is 326 g/mol. The first-order valence-corrected chi connectivity index (χ1v) is 8.05. The summed E-state index contributed by atoms with van der Waals surface area (Å²) in [6.45, 7) is 0.199. The van der Waals surface area contributed by atoms with Crippen LogP contribution in [0.25, 0.3) is 0 Å². The fourth-order valence-corrected chi connectivity index (χ4v) is 2.28. The van der Waals surface area contributed by atoms with Crippen LogP contribution < -0.4 is 10.6 Å². The van der Waals surface area contributed by atoms with E-state index in [9.17, 15) is 4.79 Å². The van der Waals surface area contributed by atoms with Crippen molar-refractivity contribution in [2.24, 2.45) is 0 Å². The lowest BCUT2D eigenvalue weighted by Crippen LogP contribution is -2.21. The van der Waals surface area contributed by atoms with Gasteiger partial charge in [0.1, 0.15) is 0 Å². The zero-order valence-electron chi connectivity index (χ0n) is 13.7. The molecule has 2 N–H and O–H groups in total. The van der Waals surface area contributed by atoms with Gasteiger partial charge in [-0.1, -0.05) is 54.3 Å². The smallest absolute Gasteiger partial charge is 0.243 e. The second-order valence-corrected chi connectivity index (χ2v) is 5.46. The van der Waals surface area contributed by atoms with Crippen molar-refractivity contribution in [3.63, 3.8) is 0 Å². The minimum atomic E-state index is -0.0908. The van der Waals surface area contributed by atoms with Gasteiger partial charge in [0.15, 0.2) is 0 Å². The average Bonchev–Trinajstić information content (AvgIpc) is 2.67. The molecule has 0 saturated carbocycles. The lowest BCUT2D eigenvalue weighted by Gasteiger charge is -2.08. The van der Waals surface area contributed by atoms with Crippen molar-refractivity contribution >= 4 is 17.3 Å². The van der Waals surface area contributed by atoms with Crippen molar-refractivity contribution < 1.29 is 4.79 Å². The summed E-state index contributed by atoms with van der Waals surface area (Å²) in [5, 5.41) is 5.97. The van der Waals surface area contributed by atoms with E-state index in [0.29, 0.717) is 0 Å². The van der Waals surface area contributed by atoms with Gasteiger partial charge >= 0.3 is 0 Å². The summed E-state index contributed by atoms with van der Waals surface area (Å²) in [5.41, 5.74) is 3.53. The molecule has 122 valence electrons. The predicted molar refractivity (Wildman–Crippen MR) is 102 cm³/mol. The van der Waals surface area contributed by atoms with Crippen LogP contribution in [0.4, 0.5) is 11.4 Å². The molecule has 0 aliphatic carbocycles. The molecule has 0 fully saturated rings. The number of anilines is 2. The maximum absolute atomic E-state index is 12.0. The summed E-state index contributed by atoms with van der Waals surface area (Å²) >= 11 is 0. The molecule has 3 aromatic carbocycles. The number of benzene rings is 3. The molecule has 3 rings (SSSR count). The second-order valence-electron chi connectivity index (χ2n) is 5.46. The van der Waals surface area contributed by atoms with Gasteiger partial charge < -0.3 is 10.6 Å². The molecule has 0 spiro atoms. The van der Waals surface area contributed by atoms with Crippen LogP contribution in [0.3, 0.4) is 0 Å². The number of carbonyl (C=O) groups is 1. The lowest BCUT2D eigenvalue weighted by molar-refractivity contribution is -0.114. The van der Waals surface area contributed by atoms with Gasteiger partial charge in [-0.2, -0.15) is 0 Å². The van der Waals surface area contributed by atoms with Gasteiger partial charge in [0.25, 0.3) is 0 Å². The molecule has 0 atom stereocenters. The third-order valence-electron chi connectivity index (χ3n) is 3.50. The molecule has 3 aromatic rings. The van der Waals surface area contributed by atoms with Gasteiger partial charge in [0, 0.05) is 22.5 Å². The minimum Gasteiger partial charge on any atom is -0.376 e. The molecule has 0 heterocycles. The number of para-hydroxylation sites is 1. The van der Waals surface area contributed by atoms with E-state index in [0.717, 1.165) is 22.5 Å². The molecule has 3 heteroatoms. The van der Waals surface area contributed by atoms with Crippen LogP contribution in [0.15, 0.2) is 84.9 Å². The second kappa shape index (κ2) is 8.37. The van der Waals surface area contributed by atoms with Crippen molar-refractivity contribution in [2.45, 2.75) is 0 Å². The molecule has 0 bridgehead atoms. The highest BCUT2D eigenvalue weighted by atomic mass is 16.1. The molecule has 1 amide bonds. The summed E-state index contributed by atoms with van der Waals surface area (Å²) in [5.74, 6) is 6.18. The van der Waals surface area contributed by atoms with Gasteiger partial charge in [-0.15, -0.1) is 0 Å². The SMILES string of the molecule is O=C(CNc1cccc(C#Cc2ccccc2)c1)Nc1ccccc1. The number of rotatable bonds is 4. The number of hydrogen-bond donors (Lipinski definition) is 2. The van der Waals surface area contributed by atoms with Crippen LogP contribution in [0.2, 0.25) is 0 Å². The predicted octanol–water partition coefficient (Wildman–Crippen LogP) is 4.14. The molecule has 25 heavy (non-hydrogen) atoms. The maximum Gasteiger partial charge on any atom is 0.243 e. The Morgan fingerprint density at radius 2 is 1.32 bits per heavy atom. The summed E-state index contributed by atoms with van der Waals surface area (Å²) in [7, 11) is 0. The molecule has 0 saturated heterocycles. The van der Waals surface area contributed by atoms with E-state index in [1.54, 1.807) is 0 Å². The molecule has 0 aliphatic rings. The Labute approximate surface area is 147 Å². The summed E-state index contributed by atoms with van der Waals surface area (Å²) in [4.78, 5) is 12.0. The fraction of sp³-hybridized carbons (Fsp3) is 0.0455. The Hall–Kier alpha value is -3.51. The number of hydrogen-bond acceptors (Lipinski definition) is 2. The molecular formula is C22H18N2O. The topological polar surface area (TPSA) is 41.1 Å². The third-order valence-corrected chi connectivity index (χ3v) is 3.50. The zero-order valence-corrected chi connectivity index (χ0v) is 13.7. The van der Waals surface area contributed by atoms with Crippen molar-refractivity contribution in [2.75, 3.05) is 17.2 Å². The van der Waals surface area contributed by atoms with E-state index in [2.05, 4.69) is 22.5 Å². The van der Waals surface area contributed by atoms with Crippen molar-refractivity contribution in [3.8, 4) is 11.8 Å². The Morgan fingerprint density at radius 1 is 0.720 bits per heavy atom. The summed E-state index contributed by atoms with van der Waals surface area (Å²) < 4.78 is 0. The first-order chi connectivity index (χ1) is 12.3. The lowest BCUT2D eigenvalue weighted by atomic mass is 10.1. The van der Waals surface area contributed by atoms with E-state index in [-0.39, 0.29) is 12.5 Å². The first-order valence-electron chi connectivity index (χ1n) is 8.05. The highest BCUT2D eigenvalue weighted by molar-refractivity contribution is 5.93. The van der Waals surface area contributed by atoms with Crippen LogP contribution >= 0.6 is 0 Å². The van der Waals surface area contributed by atoms with E-state index in [4.69, 9.17) is 0 Å². The van der Waals surface area contributed by atoms with E-state index in [1.165, 1.54) is 0 Å². The van der Waals surface area contributed by atoms with Crippen molar-refractivity contribution in [3.05, 3.63) is 96.1 Å². The van der Waals surface area contributed by atoms with Gasteiger partial charge in [-0.3, -0.25) is 4.79 Å². The van der Waals surface area contributed by atoms with E-state index < -0.39 is 0 Å². The van der Waals surface area contributed by atoms with Crippen molar-refractivity contribution in [1.29, 1.82) is 0 Å². The minimum absolute atomic E-state index is 0.0908. The van der Waals surface area contributed by atoms with Crippen LogP contribution in [0.1, 0.15) is 11.1 Å². The van der Waals surface area contributed by atoms with E-state index in [1.807, 2.05) is 84.9 Å². The van der Waals surface area contributed by atoms with Crippen LogP contribution in [0, 0.1) is 11.8 Å². The zero-order chi connectivity index (χ0) is 17.3. The number of nitrogens with one attached hydrogen (secondary N) is 2. The highest BCUT2D eigenvalue weighted by Gasteiger charge is 2.02. The summed E-state index contributed by atoms with van der Waals surface area (Å²) in [6, 6.07) is 27.0. The van der Waals surface area contributed by atoms with Gasteiger partial charge in [-0.25, -0.2) is 0 Å². The van der Waals surface area contributed by atoms with Crippen molar-refractivity contribution in [1.82, 2.24) is 0 Å². The largest absolute Gasteiger partial charge is 0.376 e. The molecule has 0 radical (unpaired) electrons. The summed E-state index contributed by atoms with van der Waals surface area (Å²) in [6.07, 6.45) is 0. The number of amides is 1. The van der Waals surface area contributed by atoms with Gasteiger partial charge in [-0.05, 0) is 42.5 Å². The monoisotopic (exact) mass is 326 g/mol. The standard InChI is InChI=1S/C22H18N2O/c25-22(24-20-11-5-2-6-12-20)17-23-21-13-7-10-19(16-21)15-14-18-8-3-1-4-9-18/h1-13,16,23H,17H2,(H,24,25). The molecule has 0 aromatic heterocycles. The third kappa shape index (κ3) is 5.26. The molecular weight excluding hydrogens is 308 g/mol. The quantitative estimate of drug-likeness (QED) is 0.708. The van der Waals surface area contributed by atoms with Gasteiger partial charge in [0.2, 0.25) is 5.91 Å². The molecule has 3 nitrogen and oxygen atoms in total. The van der Waals surface area contributed by atoms with Crippen LogP contribution in [-0.2, 0) is 4.79 Å². The van der Waals surface area contributed by atoms with Crippen LogP contribution in [-0.4, -0.2) is 12.5 Å². The Balaban J connectivity index is 1.58. The normalized spacial score (nSPS) is 9.60. The fourth-order valence-electron chi connectivity index (χ4n) is 2.28. The van der Waals surface area contributed by atoms with Crippen LogP contribution in [0.5, 0.6) is 0 Å². The molecule has 0 aliphatic heterocycles. The maximum atomic E-state index is 12.0. The Morgan fingerprint density at radius 3 is 2.08 bits per heavy atom. The first kappa shape index (κ1) is 16.4. The molecule has 0 unspecified atom stereocenters. The van der Waals surface area contributed by atoms with Gasteiger partial charge in [0.05, 0.1) is 6.54 Å². The Bertz CT molecular complexity index is 893. The Kier molecular flexibility index (Phi) is 5.48. The van der Waals surface area contributed by atoms with E-state index >= 15 is 0 Å².